The molecule has 0 radical (unpaired) electrons. The molecule has 2 rings (SSSR count). The first-order chi connectivity index (χ1) is 11.4. The molecule has 1 aliphatic carbocycles. The summed E-state index contributed by atoms with van der Waals surface area (Å²) >= 11 is 0. The maximum Gasteiger partial charge on any atom is 0.416 e. The number of anilines is 1. The summed E-state index contributed by atoms with van der Waals surface area (Å²) < 4.78 is 60.3. The van der Waals surface area contributed by atoms with Gasteiger partial charge >= 0.3 is 12.2 Å². The second-order valence-corrected chi connectivity index (χ2v) is 7.40. The average molecular weight is 375 g/mol. The molecule has 10 heteroatoms. The lowest BCUT2D eigenvalue weighted by Gasteiger charge is -2.30. The standard InChI is InChI=1S/C15H16F3N3O3S/c1-14(8-2-3-12(9-14)25(19,23)24)21-13(22)20-11-6-4-10(5-7-11)15(16,17)18/h2-8H,9H2,1H3,(H2,19,23,24)(H2,20,21,22). The Morgan fingerprint density at radius 1 is 1.24 bits per heavy atom. The first-order valence-electron chi connectivity index (χ1n) is 7.07. The zero-order chi connectivity index (χ0) is 18.9. The van der Waals surface area contributed by atoms with Crippen LogP contribution in [0.2, 0.25) is 0 Å². The third kappa shape index (κ3) is 5.07. The van der Waals surface area contributed by atoms with Gasteiger partial charge in [-0.15, -0.1) is 0 Å². The van der Waals surface area contributed by atoms with Gasteiger partial charge in [0.2, 0.25) is 10.0 Å². The van der Waals surface area contributed by atoms with Gasteiger partial charge in [-0.3, -0.25) is 0 Å². The lowest BCUT2D eigenvalue weighted by atomic mass is 9.93. The summed E-state index contributed by atoms with van der Waals surface area (Å²) in [5.74, 6) is 0. The lowest BCUT2D eigenvalue weighted by Crippen LogP contribution is -2.48. The second-order valence-electron chi connectivity index (χ2n) is 5.79. The lowest BCUT2D eigenvalue weighted by molar-refractivity contribution is -0.137. The number of alkyl halides is 3. The second kappa shape index (κ2) is 6.52. The molecule has 4 N–H and O–H groups in total. The molecule has 0 heterocycles. The molecule has 0 aromatic heterocycles. The van der Waals surface area contributed by atoms with Crippen molar-refractivity contribution in [1.82, 2.24) is 5.32 Å². The summed E-state index contributed by atoms with van der Waals surface area (Å²) in [5, 5.41) is 10.1. The minimum atomic E-state index is -4.46. The molecule has 136 valence electrons. The van der Waals surface area contributed by atoms with Crippen LogP contribution in [0.4, 0.5) is 23.7 Å². The zero-order valence-corrected chi connectivity index (χ0v) is 13.9. The van der Waals surface area contributed by atoms with Crippen molar-refractivity contribution >= 4 is 21.7 Å². The number of amides is 2. The molecule has 0 bridgehead atoms. The van der Waals surface area contributed by atoms with Crippen LogP contribution in [0.15, 0.2) is 47.4 Å². The predicted octanol–water partition coefficient (Wildman–Crippen LogP) is 2.72. The molecule has 0 spiro atoms. The number of carbonyl (C=O) groups excluding carboxylic acids is 1. The van der Waals surface area contributed by atoms with E-state index in [0.29, 0.717) is 0 Å². The van der Waals surface area contributed by atoms with Crippen LogP contribution >= 0.6 is 0 Å². The van der Waals surface area contributed by atoms with Gasteiger partial charge in [-0.2, -0.15) is 13.2 Å². The maximum atomic E-state index is 12.5. The van der Waals surface area contributed by atoms with E-state index in [4.69, 9.17) is 5.14 Å². The molecular formula is C15H16F3N3O3S. The average Bonchev–Trinajstić information content (AvgIpc) is 2.45. The molecule has 1 aromatic carbocycles. The highest BCUT2D eigenvalue weighted by Crippen LogP contribution is 2.30. The van der Waals surface area contributed by atoms with E-state index in [2.05, 4.69) is 10.6 Å². The first-order valence-corrected chi connectivity index (χ1v) is 8.61. The van der Waals surface area contributed by atoms with Gasteiger partial charge in [-0.05, 0) is 37.3 Å². The van der Waals surface area contributed by atoms with Crippen LogP contribution in [0.1, 0.15) is 18.9 Å². The van der Waals surface area contributed by atoms with Crippen molar-refractivity contribution in [1.29, 1.82) is 0 Å². The highest BCUT2D eigenvalue weighted by Gasteiger charge is 2.31. The molecule has 25 heavy (non-hydrogen) atoms. The minimum absolute atomic E-state index is 0.0349. The zero-order valence-electron chi connectivity index (χ0n) is 13.1. The number of nitrogens with two attached hydrogens (primary N) is 1. The van der Waals surface area contributed by atoms with Crippen LogP contribution in [-0.2, 0) is 16.2 Å². The molecular weight excluding hydrogens is 359 g/mol. The van der Waals surface area contributed by atoms with Crippen molar-refractivity contribution in [3.8, 4) is 0 Å². The summed E-state index contributed by atoms with van der Waals surface area (Å²) in [6, 6.07) is 3.25. The molecule has 1 atom stereocenters. The molecule has 0 fully saturated rings. The van der Waals surface area contributed by atoms with Crippen LogP contribution in [0.3, 0.4) is 0 Å². The van der Waals surface area contributed by atoms with Gasteiger partial charge in [0.25, 0.3) is 0 Å². The fraction of sp³-hybridized carbons (Fsp3) is 0.267. The summed E-state index contributed by atoms with van der Waals surface area (Å²) in [7, 11) is -3.88. The predicted molar refractivity (Wildman–Crippen MR) is 87.0 cm³/mol. The molecule has 0 aliphatic heterocycles. The van der Waals surface area contributed by atoms with Crippen molar-refractivity contribution in [3.05, 3.63) is 53.0 Å². The van der Waals surface area contributed by atoms with Crippen molar-refractivity contribution in [3.63, 3.8) is 0 Å². The van der Waals surface area contributed by atoms with Gasteiger partial charge in [0.1, 0.15) is 0 Å². The van der Waals surface area contributed by atoms with Crippen molar-refractivity contribution in [2.45, 2.75) is 25.1 Å². The molecule has 1 aromatic rings. The molecule has 1 unspecified atom stereocenters. The highest BCUT2D eigenvalue weighted by atomic mass is 32.2. The number of hydrogen-bond acceptors (Lipinski definition) is 3. The maximum absolute atomic E-state index is 12.5. The smallest absolute Gasteiger partial charge is 0.329 e. The number of urea groups is 1. The number of sulfonamides is 1. The third-order valence-electron chi connectivity index (χ3n) is 3.52. The number of rotatable bonds is 3. The molecule has 6 nitrogen and oxygen atoms in total. The third-order valence-corrected chi connectivity index (χ3v) is 4.53. The van der Waals surface area contributed by atoms with Gasteiger partial charge in [0, 0.05) is 12.1 Å². The van der Waals surface area contributed by atoms with E-state index in [1.807, 2.05) is 0 Å². The molecule has 2 amide bonds. The first kappa shape index (κ1) is 19.0. The van der Waals surface area contributed by atoms with E-state index in [1.54, 1.807) is 13.0 Å². The summed E-state index contributed by atoms with van der Waals surface area (Å²) in [4.78, 5) is 12.0. The molecule has 1 aliphatic rings. The SMILES string of the molecule is CC1(NC(=O)Nc2ccc(C(F)(F)F)cc2)C=CC=C(S(N)(=O)=O)C1. The fourth-order valence-corrected chi connectivity index (χ4v) is 3.06. The minimum Gasteiger partial charge on any atom is -0.329 e. The Morgan fingerprint density at radius 3 is 2.36 bits per heavy atom. The summed E-state index contributed by atoms with van der Waals surface area (Å²) in [6.07, 6.45) is -0.109. The van der Waals surface area contributed by atoms with E-state index >= 15 is 0 Å². The Bertz CT molecular complexity index is 830. The van der Waals surface area contributed by atoms with Gasteiger partial charge in [0.05, 0.1) is 16.0 Å². The number of nitrogens with one attached hydrogen (secondary N) is 2. The van der Waals surface area contributed by atoms with Crippen LogP contribution in [-0.4, -0.2) is 20.0 Å². The Morgan fingerprint density at radius 2 is 1.84 bits per heavy atom. The summed E-state index contributed by atoms with van der Waals surface area (Å²) in [5.41, 5.74) is -1.67. The number of allylic oxidation sites excluding steroid dienone is 2. The molecule has 0 saturated heterocycles. The van der Waals surface area contributed by atoms with E-state index in [0.717, 1.165) is 24.3 Å². The van der Waals surface area contributed by atoms with Crippen LogP contribution < -0.4 is 15.8 Å². The van der Waals surface area contributed by atoms with Crippen molar-refractivity contribution in [2.75, 3.05) is 5.32 Å². The van der Waals surface area contributed by atoms with Crippen LogP contribution in [0.25, 0.3) is 0 Å². The fourth-order valence-electron chi connectivity index (χ4n) is 2.29. The van der Waals surface area contributed by atoms with Crippen LogP contribution in [0.5, 0.6) is 0 Å². The van der Waals surface area contributed by atoms with Gasteiger partial charge < -0.3 is 10.6 Å². The Balaban J connectivity index is 2.03. The number of halogens is 3. The highest BCUT2D eigenvalue weighted by molar-refractivity contribution is 7.93. The topological polar surface area (TPSA) is 101 Å². The summed E-state index contributed by atoms with van der Waals surface area (Å²) in [6.45, 7) is 1.59. The Kier molecular flexibility index (Phi) is 4.96. The van der Waals surface area contributed by atoms with Gasteiger partial charge in [-0.1, -0.05) is 12.2 Å². The monoisotopic (exact) mass is 375 g/mol. The van der Waals surface area contributed by atoms with E-state index < -0.39 is 33.3 Å². The van der Waals surface area contributed by atoms with Crippen molar-refractivity contribution in [2.24, 2.45) is 5.14 Å². The van der Waals surface area contributed by atoms with Crippen molar-refractivity contribution < 1.29 is 26.4 Å². The van der Waals surface area contributed by atoms with Gasteiger partial charge in [-0.25, -0.2) is 18.4 Å². The Hall–Kier alpha value is -2.33. The number of carbonyl (C=O) groups is 1. The van der Waals surface area contributed by atoms with E-state index in [-0.39, 0.29) is 17.0 Å². The molecule has 0 saturated carbocycles. The largest absolute Gasteiger partial charge is 0.416 e. The van der Waals surface area contributed by atoms with E-state index in [9.17, 15) is 26.4 Å². The number of primary sulfonamides is 1. The van der Waals surface area contributed by atoms with Gasteiger partial charge in [0.15, 0.2) is 0 Å². The number of hydrogen-bond donors (Lipinski definition) is 3. The normalized spacial score (nSPS) is 20.8. The number of benzene rings is 1. The van der Waals surface area contributed by atoms with Crippen LogP contribution in [0, 0.1) is 0 Å². The van der Waals surface area contributed by atoms with E-state index in [1.165, 1.54) is 12.2 Å². The quantitative estimate of drug-likeness (QED) is 0.757. The Labute approximate surface area is 142 Å².